The number of aromatic nitrogens is 1. The van der Waals surface area contributed by atoms with Gasteiger partial charge in [-0.15, -0.1) is 0 Å². The maximum Gasteiger partial charge on any atom is 0.138 e. The van der Waals surface area contributed by atoms with Crippen LogP contribution in [-0.2, 0) is 6.54 Å². The Hall–Kier alpha value is -2.59. The lowest BCUT2D eigenvalue weighted by Crippen LogP contribution is -2.18. The summed E-state index contributed by atoms with van der Waals surface area (Å²) in [5, 5.41) is 1.02. The fraction of sp³-hybridized carbons (Fsp3) is 0.286. The van der Waals surface area contributed by atoms with Gasteiger partial charge in [-0.2, -0.15) is 0 Å². The Morgan fingerprint density at radius 3 is 2.68 bits per heavy atom. The molecule has 0 radical (unpaired) electrons. The summed E-state index contributed by atoms with van der Waals surface area (Å²) < 4.78 is 11.7. The highest BCUT2D eigenvalue weighted by Crippen LogP contribution is 2.32. The molecule has 0 saturated carbocycles. The normalized spacial score (nSPS) is 14.8. The molecule has 1 saturated heterocycles. The van der Waals surface area contributed by atoms with Crippen molar-refractivity contribution in [3.8, 4) is 17.2 Å². The van der Waals surface area contributed by atoms with Crippen LogP contribution in [0, 0.1) is 0 Å². The molecule has 1 fully saturated rings. The molecule has 1 aromatic heterocycles. The maximum absolute atomic E-state index is 6.18. The average Bonchev–Trinajstić information content (AvgIpc) is 3.15. The molecule has 4 heteroatoms. The average molecular weight is 334 g/mol. The zero-order chi connectivity index (χ0) is 17.1. The summed E-state index contributed by atoms with van der Waals surface area (Å²) in [7, 11) is 1.72. The summed E-state index contributed by atoms with van der Waals surface area (Å²) in [5.74, 6) is 2.56. The van der Waals surface area contributed by atoms with Gasteiger partial charge in [-0.3, -0.25) is 9.88 Å². The number of nitrogens with zero attached hydrogens (tertiary/aromatic N) is 2. The molecule has 25 heavy (non-hydrogen) atoms. The molecular formula is C21H22N2O2. The quantitative estimate of drug-likeness (QED) is 0.681. The van der Waals surface area contributed by atoms with Gasteiger partial charge >= 0.3 is 0 Å². The summed E-state index contributed by atoms with van der Waals surface area (Å²) in [6, 6.07) is 16.0. The predicted molar refractivity (Wildman–Crippen MR) is 99.3 cm³/mol. The molecule has 2 heterocycles. The van der Waals surface area contributed by atoms with Crippen LogP contribution in [0.1, 0.15) is 18.4 Å². The van der Waals surface area contributed by atoms with E-state index in [1.807, 2.05) is 42.5 Å². The van der Waals surface area contributed by atoms with E-state index in [4.69, 9.17) is 9.47 Å². The molecule has 0 bridgehead atoms. The Balaban J connectivity index is 1.63. The molecule has 1 aliphatic heterocycles. The number of hydrogen-bond donors (Lipinski definition) is 0. The zero-order valence-corrected chi connectivity index (χ0v) is 14.4. The number of fused-ring (bicyclic) bond motifs is 1. The van der Waals surface area contributed by atoms with E-state index >= 15 is 0 Å². The van der Waals surface area contributed by atoms with Crippen LogP contribution >= 0.6 is 0 Å². The van der Waals surface area contributed by atoms with Crippen LogP contribution in [0.2, 0.25) is 0 Å². The summed E-state index contributed by atoms with van der Waals surface area (Å²) in [4.78, 5) is 6.85. The van der Waals surface area contributed by atoms with Gasteiger partial charge in [-0.1, -0.05) is 12.1 Å². The second kappa shape index (κ2) is 7.11. The largest absolute Gasteiger partial charge is 0.496 e. The van der Waals surface area contributed by atoms with E-state index in [0.717, 1.165) is 47.8 Å². The SMILES string of the molecule is COc1ccc(Oc2ccnc3ccccc23)cc1CN1CCCC1. The maximum atomic E-state index is 6.18. The van der Waals surface area contributed by atoms with Crippen molar-refractivity contribution in [2.75, 3.05) is 20.2 Å². The van der Waals surface area contributed by atoms with Crippen LogP contribution < -0.4 is 9.47 Å². The second-order valence-corrected chi connectivity index (χ2v) is 6.39. The molecule has 0 spiro atoms. The van der Waals surface area contributed by atoms with Crippen molar-refractivity contribution in [1.29, 1.82) is 0 Å². The van der Waals surface area contributed by atoms with Crippen LogP contribution in [0.15, 0.2) is 54.7 Å². The highest BCUT2D eigenvalue weighted by atomic mass is 16.5. The third-order valence-corrected chi connectivity index (χ3v) is 4.68. The summed E-state index contributed by atoms with van der Waals surface area (Å²) in [5.41, 5.74) is 2.10. The van der Waals surface area contributed by atoms with E-state index in [1.54, 1.807) is 13.3 Å². The highest BCUT2D eigenvalue weighted by molar-refractivity contribution is 5.84. The lowest BCUT2D eigenvalue weighted by atomic mass is 10.1. The lowest BCUT2D eigenvalue weighted by molar-refractivity contribution is 0.320. The first-order valence-electron chi connectivity index (χ1n) is 8.74. The smallest absolute Gasteiger partial charge is 0.138 e. The molecule has 128 valence electrons. The fourth-order valence-corrected chi connectivity index (χ4v) is 3.41. The number of methoxy groups -OCH3 is 1. The summed E-state index contributed by atoms with van der Waals surface area (Å²) in [6.07, 6.45) is 4.34. The number of hydrogen-bond acceptors (Lipinski definition) is 4. The highest BCUT2D eigenvalue weighted by Gasteiger charge is 2.15. The van der Waals surface area contributed by atoms with E-state index in [-0.39, 0.29) is 0 Å². The minimum Gasteiger partial charge on any atom is -0.496 e. The van der Waals surface area contributed by atoms with Crippen LogP contribution in [-0.4, -0.2) is 30.1 Å². The van der Waals surface area contributed by atoms with Crippen molar-refractivity contribution in [3.63, 3.8) is 0 Å². The van der Waals surface area contributed by atoms with Gasteiger partial charge in [-0.25, -0.2) is 0 Å². The number of pyridine rings is 1. The number of benzene rings is 2. The van der Waals surface area contributed by atoms with Crippen molar-refractivity contribution in [2.24, 2.45) is 0 Å². The number of rotatable bonds is 5. The Morgan fingerprint density at radius 1 is 1.00 bits per heavy atom. The van der Waals surface area contributed by atoms with Crippen LogP contribution in [0.5, 0.6) is 17.2 Å². The van der Waals surface area contributed by atoms with E-state index in [2.05, 4.69) is 16.0 Å². The first-order valence-corrected chi connectivity index (χ1v) is 8.74. The lowest BCUT2D eigenvalue weighted by Gasteiger charge is -2.18. The standard InChI is InChI=1S/C21H22N2O2/c1-24-20-9-8-17(14-16(20)15-23-12-4-5-13-23)25-21-10-11-22-19-7-3-2-6-18(19)21/h2-3,6-11,14H,4-5,12-13,15H2,1H3. The van der Waals surface area contributed by atoms with E-state index < -0.39 is 0 Å². The van der Waals surface area contributed by atoms with Crippen molar-refractivity contribution < 1.29 is 9.47 Å². The third-order valence-electron chi connectivity index (χ3n) is 4.68. The number of ether oxygens (including phenoxy) is 2. The summed E-state index contributed by atoms with van der Waals surface area (Å²) in [6.45, 7) is 3.21. The van der Waals surface area contributed by atoms with Crippen LogP contribution in [0.4, 0.5) is 0 Å². The van der Waals surface area contributed by atoms with Crippen molar-refractivity contribution in [1.82, 2.24) is 9.88 Å². The third kappa shape index (κ3) is 3.44. The van der Waals surface area contributed by atoms with Gasteiger partial charge < -0.3 is 9.47 Å². The molecule has 0 amide bonds. The van der Waals surface area contributed by atoms with Gasteiger partial charge in [0.1, 0.15) is 17.2 Å². The molecule has 4 rings (SSSR count). The predicted octanol–water partition coefficient (Wildman–Crippen LogP) is 4.63. The van der Waals surface area contributed by atoms with Gasteiger partial charge in [0.2, 0.25) is 0 Å². The fourth-order valence-electron chi connectivity index (χ4n) is 3.41. The van der Waals surface area contributed by atoms with E-state index in [1.165, 1.54) is 18.4 Å². The monoisotopic (exact) mass is 334 g/mol. The molecule has 1 aliphatic rings. The first-order chi connectivity index (χ1) is 12.3. The van der Waals surface area contributed by atoms with Crippen molar-refractivity contribution in [2.45, 2.75) is 19.4 Å². The molecule has 2 aromatic carbocycles. The van der Waals surface area contributed by atoms with E-state index in [0.29, 0.717) is 0 Å². The minimum atomic E-state index is 0.822. The van der Waals surface area contributed by atoms with Crippen LogP contribution in [0.25, 0.3) is 10.9 Å². The molecule has 0 atom stereocenters. The van der Waals surface area contributed by atoms with E-state index in [9.17, 15) is 0 Å². The molecule has 0 N–H and O–H groups in total. The Labute approximate surface area is 148 Å². The number of para-hydroxylation sites is 1. The van der Waals surface area contributed by atoms with Gasteiger partial charge in [0, 0.05) is 23.7 Å². The molecule has 4 nitrogen and oxygen atoms in total. The zero-order valence-electron chi connectivity index (χ0n) is 14.4. The minimum absolute atomic E-state index is 0.822. The van der Waals surface area contributed by atoms with Gasteiger partial charge in [0.25, 0.3) is 0 Å². The van der Waals surface area contributed by atoms with Crippen molar-refractivity contribution in [3.05, 3.63) is 60.3 Å². The Bertz CT molecular complexity index is 867. The second-order valence-electron chi connectivity index (χ2n) is 6.39. The molecule has 0 aliphatic carbocycles. The van der Waals surface area contributed by atoms with Crippen LogP contribution in [0.3, 0.4) is 0 Å². The van der Waals surface area contributed by atoms with Crippen molar-refractivity contribution >= 4 is 10.9 Å². The Kier molecular flexibility index (Phi) is 4.53. The van der Waals surface area contributed by atoms with Gasteiger partial charge in [0.15, 0.2) is 0 Å². The Morgan fingerprint density at radius 2 is 1.84 bits per heavy atom. The topological polar surface area (TPSA) is 34.6 Å². The van der Waals surface area contributed by atoms with Gasteiger partial charge in [0.05, 0.1) is 12.6 Å². The molecular weight excluding hydrogens is 312 g/mol. The van der Waals surface area contributed by atoms with Gasteiger partial charge in [-0.05, 0) is 62.3 Å². The number of likely N-dealkylation sites (tertiary alicyclic amines) is 1. The molecule has 0 unspecified atom stereocenters. The first kappa shape index (κ1) is 15.9. The summed E-state index contributed by atoms with van der Waals surface area (Å²) >= 11 is 0. The molecule has 3 aromatic rings.